The van der Waals surface area contributed by atoms with Crippen molar-refractivity contribution in [2.24, 2.45) is 0 Å². The molecule has 1 aromatic carbocycles. The molecule has 4 heterocycles. The Balaban J connectivity index is 1.84. The Morgan fingerprint density at radius 2 is 1.61 bits per heavy atom. The van der Waals surface area contributed by atoms with E-state index in [2.05, 4.69) is 10.1 Å². The molecule has 4 aromatic heterocycles. The molecule has 0 bridgehead atoms. The lowest BCUT2D eigenvalue weighted by molar-refractivity contribution is 0.393. The van der Waals surface area contributed by atoms with Crippen molar-refractivity contribution in [3.05, 3.63) is 93.2 Å². The number of imidazole rings is 1. The van der Waals surface area contributed by atoms with E-state index in [0.29, 0.717) is 39.4 Å². The lowest BCUT2D eigenvalue weighted by Crippen LogP contribution is -2.25. The van der Waals surface area contributed by atoms with E-state index in [9.17, 15) is 9.90 Å². The van der Waals surface area contributed by atoms with Crippen LogP contribution in [0.15, 0.2) is 57.8 Å². The summed E-state index contributed by atoms with van der Waals surface area (Å²) >= 11 is 0. The molecule has 2 N–H and O–H groups in total. The summed E-state index contributed by atoms with van der Waals surface area (Å²) in [6.07, 6.45) is 0. The van der Waals surface area contributed by atoms with Gasteiger partial charge >= 0.3 is 5.69 Å². The van der Waals surface area contributed by atoms with Gasteiger partial charge in [0.25, 0.3) is 0 Å². The largest absolute Gasteiger partial charge is 0.506 e. The minimum absolute atomic E-state index is 0.0356. The van der Waals surface area contributed by atoms with Gasteiger partial charge in [0, 0.05) is 17.0 Å². The Hall–Kier alpha value is -4.20. The zero-order chi connectivity index (χ0) is 23.3. The standard InChI is InChI=1S/C25H23N5O3/c1-13-7-5-9-18(26-13)24(19-10-6-8-14(2)27-19)30-20-11-17(22-15(3)29-33-16(22)4)12-21(31)23(20)28-25(30)32/h5-12,24,31H,1-4H3,(H,28,32). The van der Waals surface area contributed by atoms with E-state index < -0.39 is 6.04 Å². The molecule has 8 nitrogen and oxygen atoms in total. The minimum Gasteiger partial charge on any atom is -0.506 e. The summed E-state index contributed by atoms with van der Waals surface area (Å²) in [4.78, 5) is 25.5. The number of hydrogen-bond acceptors (Lipinski definition) is 6. The normalized spacial score (nSPS) is 11.5. The number of aromatic nitrogens is 5. The molecule has 0 unspecified atom stereocenters. The monoisotopic (exact) mass is 441 g/mol. The summed E-state index contributed by atoms with van der Waals surface area (Å²) in [7, 11) is 0. The zero-order valence-electron chi connectivity index (χ0n) is 18.7. The molecule has 0 saturated heterocycles. The Morgan fingerprint density at radius 3 is 2.15 bits per heavy atom. The third-order valence-corrected chi connectivity index (χ3v) is 5.77. The molecule has 0 aliphatic rings. The topological polar surface area (TPSA) is 110 Å². The molecule has 0 amide bonds. The molecular weight excluding hydrogens is 418 g/mol. The fourth-order valence-electron chi connectivity index (χ4n) is 4.35. The molecule has 33 heavy (non-hydrogen) atoms. The van der Waals surface area contributed by atoms with Gasteiger partial charge in [0.05, 0.1) is 22.6 Å². The number of H-pyrrole nitrogens is 1. The number of phenolic OH excluding ortho intramolecular Hbond substituents is 1. The van der Waals surface area contributed by atoms with Crippen LogP contribution in [0.1, 0.15) is 40.3 Å². The lowest BCUT2D eigenvalue weighted by atomic mass is 10.0. The Labute approximate surface area is 189 Å². The number of rotatable bonds is 4. The molecule has 0 saturated carbocycles. The highest BCUT2D eigenvalue weighted by Crippen LogP contribution is 2.36. The van der Waals surface area contributed by atoms with Crippen molar-refractivity contribution < 1.29 is 9.63 Å². The molecule has 0 aliphatic heterocycles. The van der Waals surface area contributed by atoms with Gasteiger partial charge in [-0.2, -0.15) is 0 Å². The van der Waals surface area contributed by atoms with Crippen LogP contribution in [-0.2, 0) is 0 Å². The molecule has 0 spiro atoms. The summed E-state index contributed by atoms with van der Waals surface area (Å²) in [6, 6.07) is 14.3. The third kappa shape index (κ3) is 3.49. The molecular formula is C25H23N5O3. The molecule has 0 aliphatic carbocycles. The number of nitrogens with one attached hydrogen (secondary N) is 1. The van der Waals surface area contributed by atoms with E-state index >= 15 is 0 Å². The van der Waals surface area contributed by atoms with Crippen LogP contribution in [0.2, 0.25) is 0 Å². The van der Waals surface area contributed by atoms with Crippen molar-refractivity contribution in [3.8, 4) is 16.9 Å². The number of benzene rings is 1. The fraction of sp³-hybridized carbons (Fsp3) is 0.200. The maximum absolute atomic E-state index is 13.3. The van der Waals surface area contributed by atoms with Gasteiger partial charge in [-0.3, -0.25) is 14.5 Å². The average molecular weight is 441 g/mol. The highest BCUT2D eigenvalue weighted by molar-refractivity contribution is 5.88. The first-order valence-corrected chi connectivity index (χ1v) is 10.6. The van der Waals surface area contributed by atoms with Gasteiger partial charge in [-0.15, -0.1) is 0 Å². The maximum Gasteiger partial charge on any atom is 0.327 e. The molecule has 5 aromatic rings. The predicted molar refractivity (Wildman–Crippen MR) is 124 cm³/mol. The number of fused-ring (bicyclic) bond motifs is 1. The second kappa shape index (κ2) is 7.74. The zero-order valence-corrected chi connectivity index (χ0v) is 18.7. The highest BCUT2D eigenvalue weighted by atomic mass is 16.5. The summed E-state index contributed by atoms with van der Waals surface area (Å²) < 4.78 is 6.92. The number of nitrogens with zero attached hydrogens (tertiary/aromatic N) is 4. The Morgan fingerprint density at radius 1 is 0.970 bits per heavy atom. The first-order chi connectivity index (χ1) is 15.8. The number of aryl methyl sites for hydroxylation is 4. The number of aromatic amines is 1. The SMILES string of the molecule is Cc1cccc(C(c2cccc(C)n2)n2c(=O)[nH]c3c(O)cc(-c4c(C)noc4C)cc32)n1. The number of hydrogen-bond donors (Lipinski definition) is 2. The van der Waals surface area contributed by atoms with Crippen molar-refractivity contribution in [2.45, 2.75) is 33.7 Å². The van der Waals surface area contributed by atoms with Gasteiger partial charge in [0.2, 0.25) is 0 Å². The van der Waals surface area contributed by atoms with E-state index in [1.165, 1.54) is 0 Å². The van der Waals surface area contributed by atoms with Gasteiger partial charge in [-0.05, 0) is 69.7 Å². The van der Waals surface area contributed by atoms with E-state index in [1.807, 2.05) is 70.2 Å². The first kappa shape index (κ1) is 20.7. The van der Waals surface area contributed by atoms with Crippen LogP contribution in [0.3, 0.4) is 0 Å². The van der Waals surface area contributed by atoms with Crippen molar-refractivity contribution in [1.82, 2.24) is 24.7 Å². The van der Waals surface area contributed by atoms with Crippen molar-refractivity contribution in [1.29, 1.82) is 0 Å². The predicted octanol–water partition coefficient (Wildman–Crippen LogP) is 4.35. The smallest absolute Gasteiger partial charge is 0.327 e. The lowest BCUT2D eigenvalue weighted by Gasteiger charge is -2.19. The van der Waals surface area contributed by atoms with Crippen molar-refractivity contribution in [2.75, 3.05) is 0 Å². The van der Waals surface area contributed by atoms with Crippen LogP contribution >= 0.6 is 0 Å². The van der Waals surface area contributed by atoms with E-state index in [1.54, 1.807) is 10.6 Å². The molecule has 166 valence electrons. The highest BCUT2D eigenvalue weighted by Gasteiger charge is 2.26. The second-order valence-electron chi connectivity index (χ2n) is 8.20. The van der Waals surface area contributed by atoms with Gasteiger partial charge in [0.15, 0.2) is 0 Å². The number of pyridine rings is 2. The fourth-order valence-corrected chi connectivity index (χ4v) is 4.35. The third-order valence-electron chi connectivity index (χ3n) is 5.77. The summed E-state index contributed by atoms with van der Waals surface area (Å²) in [6.45, 7) is 7.47. The summed E-state index contributed by atoms with van der Waals surface area (Å²) in [5, 5.41) is 14.8. The summed E-state index contributed by atoms with van der Waals surface area (Å²) in [5.74, 6) is 0.597. The summed E-state index contributed by atoms with van der Waals surface area (Å²) in [5.41, 5.74) is 5.72. The van der Waals surface area contributed by atoms with E-state index in [4.69, 9.17) is 14.5 Å². The van der Waals surface area contributed by atoms with E-state index in [-0.39, 0.29) is 11.4 Å². The van der Waals surface area contributed by atoms with Crippen molar-refractivity contribution in [3.63, 3.8) is 0 Å². The van der Waals surface area contributed by atoms with Gasteiger partial charge in [0.1, 0.15) is 23.1 Å². The number of phenols is 1. The Bertz CT molecular complexity index is 1500. The van der Waals surface area contributed by atoms with Crippen LogP contribution in [-0.4, -0.2) is 29.8 Å². The van der Waals surface area contributed by atoms with Crippen LogP contribution < -0.4 is 5.69 Å². The molecule has 8 heteroatoms. The molecule has 0 fully saturated rings. The van der Waals surface area contributed by atoms with Crippen molar-refractivity contribution >= 4 is 11.0 Å². The number of aromatic hydroxyl groups is 1. The average Bonchev–Trinajstić information content (AvgIpc) is 3.27. The molecule has 0 radical (unpaired) electrons. The van der Waals surface area contributed by atoms with Gasteiger partial charge in [-0.25, -0.2) is 4.79 Å². The second-order valence-corrected chi connectivity index (χ2v) is 8.20. The molecule has 5 rings (SSSR count). The van der Waals surface area contributed by atoms with E-state index in [0.717, 1.165) is 17.0 Å². The molecule has 0 atom stereocenters. The Kier molecular flexibility index (Phi) is 4.85. The quantitative estimate of drug-likeness (QED) is 0.429. The first-order valence-electron chi connectivity index (χ1n) is 10.6. The maximum atomic E-state index is 13.3. The van der Waals surface area contributed by atoms with Crippen LogP contribution in [0.5, 0.6) is 5.75 Å². The van der Waals surface area contributed by atoms with Gasteiger partial charge in [-0.1, -0.05) is 17.3 Å². The van der Waals surface area contributed by atoms with Crippen LogP contribution in [0, 0.1) is 27.7 Å². The minimum atomic E-state index is -0.592. The van der Waals surface area contributed by atoms with Crippen LogP contribution in [0.4, 0.5) is 0 Å². The van der Waals surface area contributed by atoms with Gasteiger partial charge < -0.3 is 14.6 Å². The van der Waals surface area contributed by atoms with Crippen LogP contribution in [0.25, 0.3) is 22.2 Å².